The molecule has 20 heteroatoms. The number of carbonyl (C=O) groups is 1. The number of carbonyl (C=O) groups excluding carboxylic acids is 1. The lowest BCUT2D eigenvalue weighted by Crippen LogP contribution is -2.69. The Balaban J connectivity index is 2.03. The lowest BCUT2D eigenvalue weighted by molar-refractivity contribution is -0.371. The van der Waals surface area contributed by atoms with Gasteiger partial charge in [-0.2, -0.15) is 8.42 Å². The Morgan fingerprint density at radius 1 is 0.805 bits per heavy atom. The van der Waals surface area contributed by atoms with Crippen LogP contribution < -0.4 is 5.32 Å². The van der Waals surface area contributed by atoms with E-state index in [0.717, 1.165) is 14.0 Å². The first kappa shape index (κ1) is 34.3. The van der Waals surface area contributed by atoms with Gasteiger partial charge in [-0.3, -0.25) is 9.35 Å². The summed E-state index contributed by atoms with van der Waals surface area (Å²) in [5.41, 5.74) is 0. The van der Waals surface area contributed by atoms with Crippen molar-refractivity contribution >= 4 is 16.3 Å². The van der Waals surface area contributed by atoms with Crippen LogP contribution in [0.2, 0.25) is 0 Å². The van der Waals surface area contributed by atoms with E-state index in [1.165, 1.54) is 6.92 Å². The van der Waals surface area contributed by atoms with Crippen molar-refractivity contribution in [3.63, 3.8) is 0 Å². The number of aliphatic hydroxyl groups is 7. The molecule has 0 aromatic rings. The third kappa shape index (κ3) is 8.06. The zero-order valence-electron chi connectivity index (χ0n) is 22.1. The first-order valence-electron chi connectivity index (χ1n) is 12.5. The lowest BCUT2D eigenvalue weighted by atomic mass is 9.94. The summed E-state index contributed by atoms with van der Waals surface area (Å²) in [6, 6.07) is -1.36. The predicted molar refractivity (Wildman–Crippen MR) is 127 cm³/mol. The molecule has 3 aliphatic heterocycles. The fraction of sp³-hybridized carbons (Fsp3) is 0.952. The summed E-state index contributed by atoms with van der Waals surface area (Å²) >= 11 is 0. The molecular formula is C21H37NO18S. The second kappa shape index (κ2) is 14.1. The number of amides is 1. The van der Waals surface area contributed by atoms with Crippen LogP contribution in [0.25, 0.3) is 0 Å². The van der Waals surface area contributed by atoms with E-state index in [1.807, 2.05) is 0 Å². The molecule has 9 N–H and O–H groups in total. The van der Waals surface area contributed by atoms with E-state index in [4.69, 9.17) is 33.0 Å². The van der Waals surface area contributed by atoms with Gasteiger partial charge in [0.15, 0.2) is 18.9 Å². The molecule has 3 saturated heterocycles. The molecule has 3 heterocycles. The van der Waals surface area contributed by atoms with Gasteiger partial charge in [0.05, 0.1) is 19.3 Å². The van der Waals surface area contributed by atoms with Crippen molar-refractivity contribution in [2.75, 3.05) is 20.3 Å². The average molecular weight is 624 g/mol. The molecule has 3 fully saturated rings. The summed E-state index contributed by atoms with van der Waals surface area (Å²) in [5, 5.41) is 73.8. The number of hydrogen-bond donors (Lipinski definition) is 9. The molecule has 240 valence electrons. The van der Waals surface area contributed by atoms with Gasteiger partial charge >= 0.3 is 10.4 Å². The van der Waals surface area contributed by atoms with Gasteiger partial charge in [-0.1, -0.05) is 0 Å². The van der Waals surface area contributed by atoms with E-state index >= 15 is 0 Å². The second-order valence-corrected chi connectivity index (χ2v) is 10.9. The van der Waals surface area contributed by atoms with Crippen molar-refractivity contribution in [3.05, 3.63) is 0 Å². The monoisotopic (exact) mass is 623 g/mol. The van der Waals surface area contributed by atoms with E-state index < -0.39 is 122 Å². The Kier molecular flexibility index (Phi) is 11.8. The molecule has 1 amide bonds. The summed E-state index contributed by atoms with van der Waals surface area (Å²) in [6.45, 7) is 0.706. The minimum absolute atomic E-state index is 0.657. The number of methoxy groups -OCH3 is 1. The summed E-state index contributed by atoms with van der Waals surface area (Å²) < 4.78 is 69.9. The largest absolute Gasteiger partial charge is 0.397 e. The SMILES string of the molecule is CO[C@@H]1O[C@H](COS(=O)(=O)O)[C@@H](OC2O[C@@H](C)[C@@H](O)[C@@H](O)[C@@H]2O)[C@H](O[C@@H]2O[C@H](CO)[C@H](O)[C@H](O)[C@H]2O)[C@H]1NC(C)=O. The lowest BCUT2D eigenvalue weighted by Gasteiger charge is -2.50. The molecular weight excluding hydrogens is 586 g/mol. The van der Waals surface area contributed by atoms with E-state index in [2.05, 4.69) is 9.50 Å². The molecule has 3 rings (SSSR count). The van der Waals surface area contributed by atoms with Crippen LogP contribution in [0.4, 0.5) is 0 Å². The summed E-state index contributed by atoms with van der Waals surface area (Å²) in [5.74, 6) is -0.657. The maximum Gasteiger partial charge on any atom is 0.397 e. The molecule has 19 nitrogen and oxygen atoms in total. The van der Waals surface area contributed by atoms with Crippen LogP contribution in [0.3, 0.4) is 0 Å². The number of ether oxygens (including phenoxy) is 6. The first-order valence-corrected chi connectivity index (χ1v) is 13.8. The number of nitrogens with one attached hydrogen (secondary N) is 1. The van der Waals surface area contributed by atoms with E-state index in [1.54, 1.807) is 0 Å². The average Bonchev–Trinajstić information content (AvgIpc) is 2.90. The normalized spacial score (nSPS) is 45.8. The third-order valence-electron chi connectivity index (χ3n) is 6.87. The van der Waals surface area contributed by atoms with Crippen LogP contribution in [0.15, 0.2) is 0 Å². The quantitative estimate of drug-likeness (QED) is 0.102. The molecule has 3 aliphatic rings. The smallest absolute Gasteiger partial charge is 0.394 e. The van der Waals surface area contributed by atoms with Gasteiger partial charge in [0.2, 0.25) is 5.91 Å². The van der Waals surface area contributed by atoms with Gasteiger partial charge in [-0.15, -0.1) is 0 Å². The van der Waals surface area contributed by atoms with E-state index in [0.29, 0.717) is 0 Å². The second-order valence-electron chi connectivity index (χ2n) is 9.80. The van der Waals surface area contributed by atoms with Crippen molar-refractivity contribution in [1.29, 1.82) is 0 Å². The van der Waals surface area contributed by atoms with Gasteiger partial charge in [0.1, 0.15) is 67.1 Å². The molecule has 15 atom stereocenters. The van der Waals surface area contributed by atoms with Crippen molar-refractivity contribution in [2.24, 2.45) is 0 Å². The summed E-state index contributed by atoms with van der Waals surface area (Å²) in [6.07, 6.45) is -23.0. The van der Waals surface area contributed by atoms with Crippen molar-refractivity contribution in [3.8, 4) is 0 Å². The van der Waals surface area contributed by atoms with E-state index in [-0.39, 0.29) is 0 Å². The molecule has 1 unspecified atom stereocenters. The molecule has 0 aromatic carbocycles. The van der Waals surface area contributed by atoms with Crippen LogP contribution in [0, 0.1) is 0 Å². The van der Waals surface area contributed by atoms with Crippen LogP contribution >= 0.6 is 0 Å². The number of hydrogen-bond acceptors (Lipinski definition) is 17. The first-order chi connectivity index (χ1) is 19.1. The standard InChI is InChI=1S/C21H37NO18S/c1-6-11(25)13(27)15(29)20(36-6)39-17-9(5-35-41(31,32)33)38-19(34-3)10(22-7(2)24)18(17)40-21-16(30)14(28)12(26)8(4-23)37-21/h6,8-21,23,25-30H,4-5H2,1-3H3,(H,22,24)(H,31,32,33)/t6-,8+,9+,10+,11+,12-,13+,14-,15-,16+,17+,18+,19+,20?,21-/m0/s1. The Labute approximate surface area is 234 Å². The maximum absolute atomic E-state index is 12.1. The topological polar surface area (TPSA) is 290 Å². The highest BCUT2D eigenvalue weighted by Crippen LogP contribution is 2.34. The summed E-state index contributed by atoms with van der Waals surface area (Å²) in [7, 11) is -3.89. The summed E-state index contributed by atoms with van der Waals surface area (Å²) in [4.78, 5) is 12.1. The highest BCUT2D eigenvalue weighted by atomic mass is 32.3. The Morgan fingerprint density at radius 2 is 1.34 bits per heavy atom. The fourth-order valence-electron chi connectivity index (χ4n) is 4.72. The minimum Gasteiger partial charge on any atom is -0.394 e. The molecule has 0 spiro atoms. The molecule has 0 aromatic heterocycles. The van der Waals surface area contributed by atoms with Crippen LogP contribution in [-0.2, 0) is 47.8 Å². The van der Waals surface area contributed by atoms with Gasteiger partial charge in [-0.05, 0) is 6.92 Å². The number of aliphatic hydroxyl groups excluding tert-OH is 7. The highest BCUT2D eigenvalue weighted by Gasteiger charge is 2.54. The Hall–Kier alpha value is -1.18. The maximum atomic E-state index is 12.1. The van der Waals surface area contributed by atoms with Crippen LogP contribution in [-0.4, -0.2) is 167 Å². The van der Waals surface area contributed by atoms with Gasteiger partial charge in [0.25, 0.3) is 0 Å². The van der Waals surface area contributed by atoms with Crippen LogP contribution in [0.1, 0.15) is 13.8 Å². The zero-order chi connectivity index (χ0) is 30.8. The van der Waals surface area contributed by atoms with Gasteiger partial charge in [0, 0.05) is 14.0 Å². The molecule has 0 radical (unpaired) electrons. The molecule has 41 heavy (non-hydrogen) atoms. The fourth-order valence-corrected chi connectivity index (χ4v) is 5.03. The van der Waals surface area contributed by atoms with Gasteiger partial charge < -0.3 is 69.5 Å². The van der Waals surface area contributed by atoms with Crippen molar-refractivity contribution < 1.29 is 86.1 Å². The Morgan fingerprint density at radius 3 is 1.88 bits per heavy atom. The minimum atomic E-state index is -5.04. The molecule has 0 bridgehead atoms. The third-order valence-corrected chi connectivity index (χ3v) is 7.30. The van der Waals surface area contributed by atoms with Crippen molar-refractivity contribution in [1.82, 2.24) is 5.32 Å². The van der Waals surface area contributed by atoms with E-state index in [9.17, 15) is 49.0 Å². The highest BCUT2D eigenvalue weighted by molar-refractivity contribution is 7.80. The van der Waals surface area contributed by atoms with Gasteiger partial charge in [-0.25, -0.2) is 4.18 Å². The number of rotatable bonds is 10. The molecule has 0 aliphatic carbocycles. The predicted octanol–water partition coefficient (Wildman–Crippen LogP) is -5.92. The Bertz CT molecular complexity index is 970. The van der Waals surface area contributed by atoms with Crippen LogP contribution in [0.5, 0.6) is 0 Å². The van der Waals surface area contributed by atoms with Crippen molar-refractivity contribution in [2.45, 2.75) is 106 Å². The zero-order valence-corrected chi connectivity index (χ0v) is 23.0. The molecule has 0 saturated carbocycles.